The highest BCUT2D eigenvalue weighted by molar-refractivity contribution is 6.13. The third-order valence-corrected chi connectivity index (χ3v) is 8.57. The molecule has 4 aromatic carbocycles. The second kappa shape index (κ2) is 12.6. The zero-order valence-electron chi connectivity index (χ0n) is 27.4. The predicted molar refractivity (Wildman–Crippen MR) is 179 cm³/mol. The molecule has 246 valence electrons. The Hall–Kier alpha value is -4.70. The number of hydrogen-bond acceptors (Lipinski definition) is 9. The van der Waals surface area contributed by atoms with Gasteiger partial charge in [0, 0.05) is 50.4 Å². The van der Waals surface area contributed by atoms with Gasteiger partial charge in [-0.3, -0.25) is 4.99 Å². The van der Waals surface area contributed by atoms with Gasteiger partial charge in [0.2, 0.25) is 0 Å². The number of benzene rings is 4. The Morgan fingerprint density at radius 3 is 1.61 bits per heavy atom. The quantitative estimate of drug-likeness (QED) is 0.0697. The standard InChI is InChI=1S/C36H43NO9/c1-14(2)9-23(36(45)46)37-12-21-28-19(24(15(3)4)34(43)30(21)39)10-17(7)26(32(28)41)27-18(8)11-20-25(16(5)6)35(44)31(40)22(13-38)29(20)33(27)42/h10-12,14-16,23,38-44H,9,13H2,1-8H3,(H,45,46)/t23-/m0/s1. The molecule has 0 aliphatic heterocycles. The molecule has 0 aliphatic rings. The lowest BCUT2D eigenvalue weighted by Gasteiger charge is -2.24. The minimum absolute atomic E-state index is 0.00296. The van der Waals surface area contributed by atoms with E-state index in [4.69, 9.17) is 0 Å². The van der Waals surface area contributed by atoms with E-state index in [-0.39, 0.29) is 74.4 Å². The summed E-state index contributed by atoms with van der Waals surface area (Å²) in [5.41, 5.74) is 1.92. The number of fused-ring (bicyclic) bond motifs is 2. The van der Waals surface area contributed by atoms with Crippen LogP contribution in [0.1, 0.15) is 93.2 Å². The van der Waals surface area contributed by atoms with Crippen molar-refractivity contribution in [1.29, 1.82) is 0 Å². The number of carbonyl (C=O) groups is 1. The molecule has 0 aromatic heterocycles. The average Bonchev–Trinajstić information content (AvgIpc) is 2.94. The van der Waals surface area contributed by atoms with Crippen molar-refractivity contribution in [2.24, 2.45) is 10.9 Å². The molecule has 0 heterocycles. The zero-order chi connectivity index (χ0) is 34.5. The molecule has 4 rings (SSSR count). The molecule has 0 spiro atoms. The lowest BCUT2D eigenvalue weighted by molar-refractivity contribution is -0.138. The molecule has 0 amide bonds. The Balaban J connectivity index is 2.21. The molecule has 10 heteroatoms. The maximum absolute atomic E-state index is 12.1. The number of aryl methyl sites for hydroxylation is 2. The first-order valence-electron chi connectivity index (χ1n) is 15.3. The van der Waals surface area contributed by atoms with Gasteiger partial charge < -0.3 is 40.9 Å². The molecule has 10 nitrogen and oxygen atoms in total. The third kappa shape index (κ3) is 5.51. The van der Waals surface area contributed by atoms with Crippen molar-refractivity contribution in [2.45, 2.75) is 86.3 Å². The van der Waals surface area contributed by atoms with E-state index in [0.717, 1.165) is 6.21 Å². The van der Waals surface area contributed by atoms with E-state index in [1.807, 2.05) is 41.5 Å². The van der Waals surface area contributed by atoms with Gasteiger partial charge in [-0.05, 0) is 59.9 Å². The van der Waals surface area contributed by atoms with E-state index in [1.165, 1.54) is 0 Å². The molecule has 8 N–H and O–H groups in total. The fourth-order valence-corrected chi connectivity index (χ4v) is 6.54. The summed E-state index contributed by atoms with van der Waals surface area (Å²) in [5.74, 6) is -4.38. The van der Waals surface area contributed by atoms with Crippen LogP contribution >= 0.6 is 0 Å². The Labute approximate surface area is 267 Å². The molecule has 0 fully saturated rings. The smallest absolute Gasteiger partial charge is 0.328 e. The minimum Gasteiger partial charge on any atom is -0.507 e. The number of carboxylic acid groups (broad SMARTS) is 1. The Morgan fingerprint density at radius 1 is 0.717 bits per heavy atom. The molecule has 0 aliphatic carbocycles. The number of hydrogen-bond donors (Lipinski definition) is 8. The van der Waals surface area contributed by atoms with E-state index in [1.54, 1.807) is 26.0 Å². The lowest BCUT2D eigenvalue weighted by atomic mass is 9.83. The fourth-order valence-electron chi connectivity index (χ4n) is 6.54. The summed E-state index contributed by atoms with van der Waals surface area (Å²) in [6, 6.07) is 2.28. The first-order valence-corrected chi connectivity index (χ1v) is 15.3. The summed E-state index contributed by atoms with van der Waals surface area (Å²) in [4.78, 5) is 16.2. The van der Waals surface area contributed by atoms with Gasteiger partial charge >= 0.3 is 5.97 Å². The maximum Gasteiger partial charge on any atom is 0.328 e. The molecule has 0 bridgehead atoms. The van der Waals surface area contributed by atoms with Crippen LogP contribution in [0.4, 0.5) is 0 Å². The van der Waals surface area contributed by atoms with Crippen molar-refractivity contribution in [3.63, 3.8) is 0 Å². The number of aliphatic carboxylic acids is 1. The predicted octanol–water partition coefficient (Wildman–Crippen LogP) is 7.17. The third-order valence-electron chi connectivity index (χ3n) is 8.57. The van der Waals surface area contributed by atoms with Crippen LogP contribution in [0.5, 0.6) is 34.5 Å². The highest BCUT2D eigenvalue weighted by Gasteiger charge is 2.30. The van der Waals surface area contributed by atoms with E-state index in [0.29, 0.717) is 33.0 Å². The number of phenolic OH excluding ortho intramolecular Hbond substituents is 5. The Bertz CT molecular complexity index is 1910. The van der Waals surface area contributed by atoms with Crippen LogP contribution in [-0.4, -0.2) is 59.1 Å². The van der Waals surface area contributed by atoms with Crippen LogP contribution in [0.15, 0.2) is 17.1 Å². The number of rotatable bonds is 9. The molecule has 4 aromatic rings. The molecule has 0 saturated carbocycles. The van der Waals surface area contributed by atoms with Crippen LogP contribution < -0.4 is 0 Å². The summed E-state index contributed by atoms with van der Waals surface area (Å²) >= 11 is 0. The lowest BCUT2D eigenvalue weighted by Crippen LogP contribution is -2.20. The van der Waals surface area contributed by atoms with Crippen molar-refractivity contribution >= 4 is 33.7 Å². The molecule has 0 radical (unpaired) electrons. The second-order valence-electron chi connectivity index (χ2n) is 13.0. The highest BCUT2D eigenvalue weighted by atomic mass is 16.4. The molecule has 0 unspecified atom stereocenters. The number of aliphatic imine (C=N–C) groups is 1. The number of aliphatic hydroxyl groups is 1. The van der Waals surface area contributed by atoms with Gasteiger partial charge in [-0.25, -0.2) is 4.79 Å². The van der Waals surface area contributed by atoms with Crippen LogP contribution in [0, 0.1) is 19.8 Å². The number of phenols is 6. The van der Waals surface area contributed by atoms with Crippen molar-refractivity contribution in [1.82, 2.24) is 0 Å². The van der Waals surface area contributed by atoms with Crippen LogP contribution in [0.2, 0.25) is 0 Å². The molecular formula is C36H43NO9. The van der Waals surface area contributed by atoms with Crippen LogP contribution in [0.3, 0.4) is 0 Å². The molecule has 46 heavy (non-hydrogen) atoms. The summed E-state index contributed by atoms with van der Waals surface area (Å²) in [5, 5.41) is 88.9. The fraction of sp³-hybridized carbons (Fsp3) is 0.389. The summed E-state index contributed by atoms with van der Waals surface area (Å²) in [7, 11) is 0. The van der Waals surface area contributed by atoms with Crippen LogP contribution in [0.25, 0.3) is 32.7 Å². The normalized spacial score (nSPS) is 12.9. The Kier molecular flexibility index (Phi) is 9.36. The monoisotopic (exact) mass is 633 g/mol. The molecular weight excluding hydrogens is 590 g/mol. The number of aromatic hydroxyl groups is 6. The largest absolute Gasteiger partial charge is 0.507 e. The Morgan fingerprint density at radius 2 is 1.17 bits per heavy atom. The van der Waals surface area contributed by atoms with Gasteiger partial charge in [0.05, 0.1) is 6.61 Å². The topological polar surface area (TPSA) is 191 Å². The first-order chi connectivity index (χ1) is 21.5. The maximum atomic E-state index is 12.1. The van der Waals surface area contributed by atoms with E-state index in [9.17, 15) is 45.6 Å². The molecule has 1 atom stereocenters. The zero-order valence-corrected chi connectivity index (χ0v) is 27.4. The number of carboxylic acids is 1. The number of aliphatic hydroxyl groups excluding tert-OH is 1. The van der Waals surface area contributed by atoms with Gasteiger partial charge in [-0.2, -0.15) is 0 Å². The molecule has 0 saturated heterocycles. The van der Waals surface area contributed by atoms with Gasteiger partial charge in [-0.1, -0.05) is 53.7 Å². The van der Waals surface area contributed by atoms with Crippen molar-refractivity contribution in [2.75, 3.05) is 0 Å². The number of nitrogens with zero attached hydrogens (tertiary/aromatic N) is 1. The average molecular weight is 634 g/mol. The van der Waals surface area contributed by atoms with E-state index >= 15 is 0 Å². The van der Waals surface area contributed by atoms with E-state index < -0.39 is 35.9 Å². The summed E-state index contributed by atoms with van der Waals surface area (Å²) in [6.45, 7) is 13.7. The highest BCUT2D eigenvalue weighted by Crippen LogP contribution is 2.54. The van der Waals surface area contributed by atoms with Gasteiger partial charge in [0.25, 0.3) is 0 Å². The van der Waals surface area contributed by atoms with Gasteiger partial charge in [0.1, 0.15) is 17.5 Å². The summed E-state index contributed by atoms with van der Waals surface area (Å²) < 4.78 is 0. The van der Waals surface area contributed by atoms with Gasteiger partial charge in [0.15, 0.2) is 23.0 Å². The van der Waals surface area contributed by atoms with E-state index in [2.05, 4.69) is 4.99 Å². The first kappa shape index (κ1) is 34.2. The van der Waals surface area contributed by atoms with Crippen molar-refractivity contribution in [3.8, 4) is 45.6 Å². The van der Waals surface area contributed by atoms with Crippen molar-refractivity contribution < 1.29 is 45.6 Å². The summed E-state index contributed by atoms with van der Waals surface area (Å²) in [6.07, 6.45) is 1.36. The minimum atomic E-state index is -1.16. The van der Waals surface area contributed by atoms with Crippen molar-refractivity contribution in [3.05, 3.63) is 45.5 Å². The second-order valence-corrected chi connectivity index (χ2v) is 13.0. The van der Waals surface area contributed by atoms with Crippen LogP contribution in [-0.2, 0) is 11.4 Å². The SMILES string of the molecule is Cc1cc2c(C(C)C)c(O)c(O)c(C=N[C@@H](CC(C)C)C(=O)O)c2c(O)c1-c1c(C)cc2c(C(C)C)c(O)c(O)c(CO)c2c1O. The van der Waals surface area contributed by atoms with Gasteiger partial charge in [-0.15, -0.1) is 0 Å².